The van der Waals surface area contributed by atoms with Crippen LogP contribution in [0.1, 0.15) is 26.3 Å². The molecule has 0 spiro atoms. The largest absolute Gasteiger partial charge is 0.381 e. The monoisotopic (exact) mass is 271 g/mol. The van der Waals surface area contributed by atoms with Crippen LogP contribution in [-0.4, -0.2) is 4.75 Å². The number of rotatable bonds is 4. The molecule has 0 heterocycles. The molecule has 0 fully saturated rings. The van der Waals surface area contributed by atoms with Crippen LogP contribution >= 0.6 is 11.8 Å². The number of benzene rings is 2. The summed E-state index contributed by atoms with van der Waals surface area (Å²) >= 11 is 1.92. The summed E-state index contributed by atoms with van der Waals surface area (Å²) in [5, 5.41) is 3.47. The van der Waals surface area contributed by atoms with Gasteiger partial charge >= 0.3 is 0 Å². The minimum atomic E-state index is 0.239. The van der Waals surface area contributed by atoms with E-state index >= 15 is 0 Å². The molecule has 0 aliphatic heterocycles. The number of nitrogens with one attached hydrogen (secondary N) is 1. The summed E-state index contributed by atoms with van der Waals surface area (Å²) in [6.45, 7) is 7.61. The molecule has 0 saturated heterocycles. The molecule has 0 radical (unpaired) electrons. The fraction of sp³-hybridized carbons (Fsp3) is 0.294. The van der Waals surface area contributed by atoms with Crippen LogP contribution in [0.3, 0.4) is 0 Å². The predicted molar refractivity (Wildman–Crippen MR) is 85.8 cm³/mol. The molecule has 0 amide bonds. The summed E-state index contributed by atoms with van der Waals surface area (Å²) in [4.78, 5) is 1.36. The maximum absolute atomic E-state index is 3.47. The van der Waals surface area contributed by atoms with Crippen molar-refractivity contribution in [3.05, 3.63) is 60.2 Å². The Morgan fingerprint density at radius 1 is 0.895 bits per heavy atom. The molecule has 2 heteroatoms. The zero-order valence-electron chi connectivity index (χ0n) is 11.8. The van der Waals surface area contributed by atoms with E-state index in [1.807, 2.05) is 17.8 Å². The van der Waals surface area contributed by atoms with Crippen molar-refractivity contribution < 1.29 is 0 Å². The standard InChI is InChI=1S/C17H21NS/c1-17(2,3)19-16-12-8-7-9-14(16)13-18-15-10-5-4-6-11-15/h4-12,18H,13H2,1-3H3. The first-order valence-corrected chi connectivity index (χ1v) is 7.42. The van der Waals surface area contributed by atoms with Gasteiger partial charge in [-0.25, -0.2) is 0 Å². The fourth-order valence-electron chi connectivity index (χ4n) is 1.83. The minimum Gasteiger partial charge on any atom is -0.381 e. The highest BCUT2D eigenvalue weighted by Crippen LogP contribution is 2.34. The molecule has 1 nitrogen and oxygen atoms in total. The van der Waals surface area contributed by atoms with Gasteiger partial charge in [0.25, 0.3) is 0 Å². The summed E-state index contributed by atoms with van der Waals surface area (Å²) < 4.78 is 0.239. The Hall–Kier alpha value is -1.41. The number of thioether (sulfide) groups is 1. The van der Waals surface area contributed by atoms with Gasteiger partial charge in [-0.15, -0.1) is 11.8 Å². The van der Waals surface area contributed by atoms with Crippen LogP contribution in [0, 0.1) is 0 Å². The molecular formula is C17H21NS. The Balaban J connectivity index is 2.08. The Labute approximate surface area is 120 Å². The van der Waals surface area contributed by atoms with Crippen LogP contribution in [0.5, 0.6) is 0 Å². The molecule has 2 aromatic rings. The Kier molecular flexibility index (Phi) is 4.54. The predicted octanol–water partition coefficient (Wildman–Crippen LogP) is 5.19. The van der Waals surface area contributed by atoms with E-state index in [2.05, 4.69) is 74.6 Å². The van der Waals surface area contributed by atoms with Gasteiger partial charge in [-0.05, 0) is 23.8 Å². The quantitative estimate of drug-likeness (QED) is 0.768. The lowest BCUT2D eigenvalue weighted by molar-refractivity contribution is 0.801. The van der Waals surface area contributed by atoms with E-state index in [1.165, 1.54) is 10.5 Å². The van der Waals surface area contributed by atoms with E-state index in [0.29, 0.717) is 0 Å². The Morgan fingerprint density at radius 2 is 1.53 bits per heavy atom. The lowest BCUT2D eigenvalue weighted by atomic mass is 10.2. The van der Waals surface area contributed by atoms with Crippen LogP contribution < -0.4 is 5.32 Å². The molecule has 0 aliphatic carbocycles. The Morgan fingerprint density at radius 3 is 2.21 bits per heavy atom. The second-order valence-corrected chi connectivity index (χ2v) is 7.41. The van der Waals surface area contributed by atoms with E-state index < -0.39 is 0 Å². The van der Waals surface area contributed by atoms with Crippen molar-refractivity contribution in [3.8, 4) is 0 Å². The molecular weight excluding hydrogens is 250 g/mol. The van der Waals surface area contributed by atoms with Crippen molar-refractivity contribution in [1.82, 2.24) is 0 Å². The van der Waals surface area contributed by atoms with Crippen LogP contribution in [0.2, 0.25) is 0 Å². The van der Waals surface area contributed by atoms with Crippen LogP contribution in [0.15, 0.2) is 59.5 Å². The zero-order valence-corrected chi connectivity index (χ0v) is 12.6. The molecule has 0 saturated carbocycles. The number of para-hydroxylation sites is 1. The van der Waals surface area contributed by atoms with E-state index in [9.17, 15) is 0 Å². The number of anilines is 1. The van der Waals surface area contributed by atoms with Gasteiger partial charge in [0.2, 0.25) is 0 Å². The first kappa shape index (κ1) is 14.0. The molecule has 0 aromatic heterocycles. The molecule has 0 unspecified atom stereocenters. The second kappa shape index (κ2) is 6.16. The van der Waals surface area contributed by atoms with Gasteiger partial charge in [0, 0.05) is 21.9 Å². The van der Waals surface area contributed by atoms with E-state index in [0.717, 1.165) is 12.2 Å². The average Bonchev–Trinajstić information content (AvgIpc) is 2.37. The van der Waals surface area contributed by atoms with E-state index in [-0.39, 0.29) is 4.75 Å². The van der Waals surface area contributed by atoms with Crippen molar-refractivity contribution in [3.63, 3.8) is 0 Å². The highest BCUT2D eigenvalue weighted by Gasteiger charge is 2.14. The highest BCUT2D eigenvalue weighted by molar-refractivity contribution is 8.00. The van der Waals surface area contributed by atoms with Gasteiger partial charge < -0.3 is 5.32 Å². The van der Waals surface area contributed by atoms with Crippen molar-refractivity contribution in [2.24, 2.45) is 0 Å². The topological polar surface area (TPSA) is 12.0 Å². The van der Waals surface area contributed by atoms with Gasteiger partial charge in [0.1, 0.15) is 0 Å². The van der Waals surface area contributed by atoms with Gasteiger partial charge in [-0.1, -0.05) is 57.2 Å². The third-order valence-electron chi connectivity index (χ3n) is 2.65. The maximum atomic E-state index is 3.47. The minimum absolute atomic E-state index is 0.239. The molecule has 2 rings (SSSR count). The second-order valence-electron chi connectivity index (χ2n) is 5.54. The average molecular weight is 271 g/mol. The smallest absolute Gasteiger partial charge is 0.0411 e. The summed E-state index contributed by atoms with van der Waals surface area (Å²) in [6, 6.07) is 19.0. The highest BCUT2D eigenvalue weighted by atomic mass is 32.2. The fourth-order valence-corrected chi connectivity index (χ4v) is 2.91. The lowest BCUT2D eigenvalue weighted by Crippen LogP contribution is -2.08. The molecule has 2 aromatic carbocycles. The van der Waals surface area contributed by atoms with Gasteiger partial charge in [0.15, 0.2) is 0 Å². The first-order valence-electron chi connectivity index (χ1n) is 6.60. The molecule has 19 heavy (non-hydrogen) atoms. The van der Waals surface area contributed by atoms with Crippen molar-refractivity contribution in [1.29, 1.82) is 0 Å². The van der Waals surface area contributed by atoms with Crippen LogP contribution in [-0.2, 0) is 6.54 Å². The van der Waals surface area contributed by atoms with Crippen LogP contribution in [0.4, 0.5) is 5.69 Å². The molecule has 0 atom stereocenters. The molecule has 100 valence electrons. The van der Waals surface area contributed by atoms with Crippen molar-refractivity contribution >= 4 is 17.4 Å². The summed E-state index contributed by atoms with van der Waals surface area (Å²) in [7, 11) is 0. The third kappa shape index (κ3) is 4.64. The zero-order chi connectivity index (χ0) is 13.7. The number of hydrogen-bond donors (Lipinski definition) is 1. The third-order valence-corrected chi connectivity index (χ3v) is 3.88. The van der Waals surface area contributed by atoms with Crippen molar-refractivity contribution in [2.75, 3.05) is 5.32 Å². The summed E-state index contributed by atoms with van der Waals surface area (Å²) in [5.41, 5.74) is 2.52. The van der Waals surface area contributed by atoms with Crippen molar-refractivity contribution in [2.45, 2.75) is 37.0 Å². The van der Waals surface area contributed by atoms with E-state index in [4.69, 9.17) is 0 Å². The summed E-state index contributed by atoms with van der Waals surface area (Å²) in [5.74, 6) is 0. The van der Waals surface area contributed by atoms with E-state index in [1.54, 1.807) is 0 Å². The first-order chi connectivity index (χ1) is 9.04. The maximum Gasteiger partial charge on any atom is 0.0411 e. The molecule has 0 aliphatic rings. The van der Waals surface area contributed by atoms with Gasteiger partial charge in [-0.2, -0.15) is 0 Å². The SMILES string of the molecule is CC(C)(C)Sc1ccccc1CNc1ccccc1. The van der Waals surface area contributed by atoms with Gasteiger partial charge in [-0.3, -0.25) is 0 Å². The Bertz CT molecular complexity index is 514. The lowest BCUT2D eigenvalue weighted by Gasteiger charge is -2.20. The molecule has 0 bridgehead atoms. The summed E-state index contributed by atoms with van der Waals surface area (Å²) in [6.07, 6.45) is 0. The van der Waals surface area contributed by atoms with Gasteiger partial charge in [0.05, 0.1) is 0 Å². The normalized spacial score (nSPS) is 11.3. The molecule has 1 N–H and O–H groups in total. The number of hydrogen-bond acceptors (Lipinski definition) is 2. The van der Waals surface area contributed by atoms with Crippen LogP contribution in [0.25, 0.3) is 0 Å².